The van der Waals surface area contributed by atoms with E-state index in [-0.39, 0.29) is 10.1 Å². The normalized spacial score (nSPS) is 15.0. The second-order valence-corrected chi connectivity index (χ2v) is 20.0. The Morgan fingerprint density at radius 3 is 1.64 bits per heavy atom. The molecule has 1 aromatic rings. The summed E-state index contributed by atoms with van der Waals surface area (Å²) in [6.45, 7) is 21.6. The van der Waals surface area contributed by atoms with Crippen molar-refractivity contribution < 1.29 is 13.8 Å². The maximum atomic E-state index is 12.5. The largest absolute Gasteiger partial charge is 0.368 e. The molecule has 7 heteroatoms. The molecule has 0 fully saturated rings. The molecule has 28 heavy (non-hydrogen) atoms. The monoisotopic (exact) mass is 424 g/mol. The van der Waals surface area contributed by atoms with Gasteiger partial charge in [0.05, 0.1) is 0 Å². The molecule has 0 aromatic heterocycles. The number of rotatable bonds is 8. The molecule has 0 spiro atoms. The first-order valence-corrected chi connectivity index (χ1v) is 15.8. The van der Waals surface area contributed by atoms with Gasteiger partial charge in [0.25, 0.3) is 0 Å². The molecule has 0 unspecified atom stereocenters. The van der Waals surface area contributed by atoms with Gasteiger partial charge in [-0.3, -0.25) is 4.79 Å². The highest BCUT2D eigenvalue weighted by molar-refractivity contribution is 6.75. The lowest BCUT2D eigenvalue weighted by Crippen LogP contribution is -2.58. The molecule has 1 aromatic carbocycles. The van der Waals surface area contributed by atoms with Gasteiger partial charge in [0.15, 0.2) is 0 Å². The zero-order valence-electron chi connectivity index (χ0n) is 19.4. The summed E-state index contributed by atoms with van der Waals surface area (Å²) in [7, 11) is -4.47. The lowest BCUT2D eigenvalue weighted by molar-refractivity contribution is -0.294. The maximum absolute atomic E-state index is 12.5. The summed E-state index contributed by atoms with van der Waals surface area (Å²) in [5.74, 6) is -0.443. The van der Waals surface area contributed by atoms with Crippen LogP contribution in [0.25, 0.3) is 0 Å². The minimum atomic E-state index is -2.24. The van der Waals surface area contributed by atoms with Gasteiger partial charge in [-0.25, -0.2) is 0 Å². The number of primary amides is 1. The molecule has 0 aliphatic rings. The van der Waals surface area contributed by atoms with E-state index in [4.69, 9.17) is 14.8 Å². The molecule has 160 valence electrons. The van der Waals surface area contributed by atoms with Crippen molar-refractivity contribution >= 4 is 22.5 Å². The van der Waals surface area contributed by atoms with E-state index in [1.54, 1.807) is 0 Å². The summed E-state index contributed by atoms with van der Waals surface area (Å²) in [5.41, 5.74) is 6.85. The predicted octanol–water partition coefficient (Wildman–Crippen LogP) is 5.26. The van der Waals surface area contributed by atoms with Crippen molar-refractivity contribution in [1.29, 1.82) is 0 Å². The first-order valence-electron chi connectivity index (χ1n) is 9.99. The number of hydrogen-bond donors (Lipinski definition) is 1. The summed E-state index contributed by atoms with van der Waals surface area (Å²) in [4.78, 5) is 12.5. The molecular formula is C21H40N2O3Si2. The highest BCUT2D eigenvalue weighted by Gasteiger charge is 2.46. The second kappa shape index (κ2) is 8.79. The fourth-order valence-corrected chi connectivity index (χ4v) is 3.84. The molecule has 0 saturated carbocycles. The van der Waals surface area contributed by atoms with E-state index in [2.05, 4.69) is 67.7 Å². The average Bonchev–Trinajstić information content (AvgIpc) is 2.50. The lowest BCUT2D eigenvalue weighted by Gasteiger charge is -2.46. The van der Waals surface area contributed by atoms with E-state index < -0.39 is 28.6 Å². The van der Waals surface area contributed by atoms with Crippen LogP contribution in [0, 0.1) is 0 Å². The van der Waals surface area contributed by atoms with Crippen molar-refractivity contribution in [2.24, 2.45) is 5.73 Å². The molecule has 0 radical (unpaired) electrons. The molecule has 5 nitrogen and oxygen atoms in total. The first kappa shape index (κ1) is 25.0. The Kier molecular flexibility index (Phi) is 7.86. The summed E-state index contributed by atoms with van der Waals surface area (Å²) < 4.78 is 13.0. The SMILES string of the molecule is CC(C)(C)[Si](C)(C)ON(O[Si](C)(C)C(C)(C)C)[C@@H](Cc1ccccc1)C(N)=O. The summed E-state index contributed by atoms with van der Waals surface area (Å²) in [6.07, 6.45) is 0.444. The van der Waals surface area contributed by atoms with Gasteiger partial charge >= 0.3 is 0 Å². The van der Waals surface area contributed by atoms with Gasteiger partial charge in [-0.2, -0.15) is 0 Å². The van der Waals surface area contributed by atoms with E-state index >= 15 is 0 Å². The standard InChI is InChI=1S/C21H40N2O3Si2/c1-20(2,3)27(7,8)25-23(26-28(9,10)21(4,5)6)18(19(22)24)16-17-14-12-11-13-15-17/h11-15,18H,16H2,1-10H3,(H2,22,24)/t18-/m0/s1. The smallest absolute Gasteiger partial charge is 0.240 e. The number of hydroxylamine groups is 2. The number of carbonyl (C=O) groups excluding carboxylic acids is 1. The van der Waals surface area contributed by atoms with Crippen molar-refractivity contribution in [3.05, 3.63) is 35.9 Å². The maximum Gasteiger partial charge on any atom is 0.240 e. The molecule has 1 atom stereocenters. The Morgan fingerprint density at radius 1 is 0.929 bits per heavy atom. The topological polar surface area (TPSA) is 64.8 Å². The van der Waals surface area contributed by atoms with Crippen LogP contribution in [0.1, 0.15) is 47.1 Å². The Balaban J connectivity index is 3.31. The molecule has 0 aliphatic heterocycles. The van der Waals surface area contributed by atoms with Gasteiger partial charge in [0.1, 0.15) is 6.04 Å². The van der Waals surface area contributed by atoms with Crippen molar-refractivity contribution in [1.82, 2.24) is 5.23 Å². The lowest BCUT2D eigenvalue weighted by atomic mass is 10.1. The van der Waals surface area contributed by atoms with E-state index in [1.807, 2.05) is 30.3 Å². The molecule has 2 N–H and O–H groups in total. The molecular weight excluding hydrogens is 384 g/mol. The Bertz CT molecular complexity index is 622. The fraction of sp³-hybridized carbons (Fsp3) is 0.667. The van der Waals surface area contributed by atoms with Crippen LogP contribution in [0.4, 0.5) is 0 Å². The minimum Gasteiger partial charge on any atom is -0.368 e. The van der Waals surface area contributed by atoms with Crippen LogP contribution in [-0.2, 0) is 20.3 Å². The van der Waals surface area contributed by atoms with Gasteiger partial charge < -0.3 is 14.8 Å². The third-order valence-electron chi connectivity index (χ3n) is 6.10. The molecule has 1 rings (SSSR count). The Morgan fingerprint density at radius 2 is 1.32 bits per heavy atom. The molecule has 0 aliphatic carbocycles. The zero-order chi connectivity index (χ0) is 22.0. The van der Waals surface area contributed by atoms with Crippen molar-refractivity contribution in [2.45, 2.75) is 90.3 Å². The number of nitrogens with zero attached hydrogens (tertiary/aromatic N) is 1. The van der Waals surface area contributed by atoms with Crippen molar-refractivity contribution in [3.8, 4) is 0 Å². The van der Waals surface area contributed by atoms with Gasteiger partial charge in [-0.1, -0.05) is 77.1 Å². The third kappa shape index (κ3) is 6.52. The zero-order valence-corrected chi connectivity index (χ0v) is 21.4. The van der Waals surface area contributed by atoms with Crippen LogP contribution < -0.4 is 5.73 Å². The van der Waals surface area contributed by atoms with Gasteiger partial charge in [-0.05, 0) is 41.8 Å². The second-order valence-electron chi connectivity index (χ2n) is 10.6. The van der Waals surface area contributed by atoms with Crippen LogP contribution >= 0.6 is 0 Å². The summed E-state index contributed by atoms with van der Waals surface area (Å²) >= 11 is 0. The average molecular weight is 425 g/mol. The van der Waals surface area contributed by atoms with Crippen LogP contribution in [0.2, 0.25) is 36.3 Å². The molecule has 0 saturated heterocycles. The van der Waals surface area contributed by atoms with E-state index in [0.29, 0.717) is 6.42 Å². The summed E-state index contributed by atoms with van der Waals surface area (Å²) in [5, 5.41) is 1.41. The number of amides is 1. The third-order valence-corrected chi connectivity index (χ3v) is 14.6. The number of nitrogens with two attached hydrogens (primary N) is 1. The van der Waals surface area contributed by atoms with Crippen LogP contribution in [0.15, 0.2) is 30.3 Å². The number of hydrogen-bond acceptors (Lipinski definition) is 4. The Hall–Kier alpha value is -0.996. The molecule has 0 heterocycles. The Labute approximate surface area is 173 Å². The van der Waals surface area contributed by atoms with E-state index in [9.17, 15) is 4.79 Å². The minimum absolute atomic E-state index is 0.0308. The number of benzene rings is 1. The van der Waals surface area contributed by atoms with Gasteiger partial charge in [0, 0.05) is 6.42 Å². The first-order chi connectivity index (χ1) is 12.5. The van der Waals surface area contributed by atoms with Crippen molar-refractivity contribution in [3.63, 3.8) is 0 Å². The van der Waals surface area contributed by atoms with E-state index in [1.165, 1.54) is 5.23 Å². The molecule has 1 amide bonds. The highest BCUT2D eigenvalue weighted by atomic mass is 28.4. The van der Waals surface area contributed by atoms with Crippen LogP contribution in [-0.4, -0.2) is 33.8 Å². The number of carbonyl (C=O) groups is 1. The highest BCUT2D eigenvalue weighted by Crippen LogP contribution is 2.41. The quantitative estimate of drug-likeness (QED) is 0.457. The summed E-state index contributed by atoms with van der Waals surface area (Å²) in [6, 6.07) is 9.17. The van der Waals surface area contributed by atoms with Gasteiger partial charge in [-0.15, -0.1) is 0 Å². The van der Waals surface area contributed by atoms with Gasteiger partial charge in [0.2, 0.25) is 22.5 Å². The molecule has 0 bridgehead atoms. The predicted molar refractivity (Wildman–Crippen MR) is 122 cm³/mol. The van der Waals surface area contributed by atoms with Crippen LogP contribution in [0.3, 0.4) is 0 Å². The van der Waals surface area contributed by atoms with E-state index in [0.717, 1.165) is 5.56 Å². The van der Waals surface area contributed by atoms with Crippen LogP contribution in [0.5, 0.6) is 0 Å². The van der Waals surface area contributed by atoms with Crippen molar-refractivity contribution in [2.75, 3.05) is 0 Å². The fourth-order valence-electron chi connectivity index (χ4n) is 1.99.